The lowest BCUT2D eigenvalue weighted by Gasteiger charge is -2.32. The number of carbonyl (C=O) groups is 2. The van der Waals surface area contributed by atoms with Gasteiger partial charge in [-0.05, 0) is 82.7 Å². The summed E-state index contributed by atoms with van der Waals surface area (Å²) in [5, 5.41) is 9.11. The number of furan rings is 1. The summed E-state index contributed by atoms with van der Waals surface area (Å²) in [5.41, 5.74) is 4.53. The van der Waals surface area contributed by atoms with Crippen LogP contribution in [0, 0.1) is 0 Å². The van der Waals surface area contributed by atoms with Gasteiger partial charge in [0.25, 0.3) is 11.8 Å². The van der Waals surface area contributed by atoms with Gasteiger partial charge in [-0.1, -0.05) is 12.1 Å². The van der Waals surface area contributed by atoms with Gasteiger partial charge in [-0.2, -0.15) is 5.10 Å². The van der Waals surface area contributed by atoms with E-state index < -0.39 is 0 Å². The average Bonchev–Trinajstić information content (AvgIpc) is 3.51. The highest BCUT2D eigenvalue weighted by Crippen LogP contribution is 2.30. The second kappa shape index (κ2) is 9.48. The predicted octanol–water partition coefficient (Wildman–Crippen LogP) is 5.75. The maximum atomic E-state index is 13.2. The molecule has 1 saturated heterocycles. The van der Waals surface area contributed by atoms with E-state index >= 15 is 0 Å². The largest absolute Gasteiger partial charge is 0.463 e. The van der Waals surface area contributed by atoms with Crippen molar-refractivity contribution < 1.29 is 14.0 Å². The number of hydrogen-bond donors (Lipinski definition) is 1. The number of anilines is 1. The molecule has 1 N–H and O–H groups in total. The second-order valence-electron chi connectivity index (χ2n) is 9.32. The molecule has 1 aliphatic heterocycles. The van der Waals surface area contributed by atoms with Gasteiger partial charge < -0.3 is 14.6 Å². The van der Waals surface area contributed by atoms with Crippen LogP contribution in [0.15, 0.2) is 76.1 Å². The Morgan fingerprint density at radius 2 is 1.84 bits per heavy atom. The molecule has 6 rings (SSSR count). The number of pyridine rings is 1. The van der Waals surface area contributed by atoms with Crippen LogP contribution >= 0.6 is 15.9 Å². The van der Waals surface area contributed by atoms with E-state index in [0.717, 1.165) is 33.7 Å². The normalized spacial score (nSPS) is 14.4. The number of aryl methyl sites for hydroxylation is 1. The van der Waals surface area contributed by atoms with E-state index in [1.54, 1.807) is 29.3 Å². The first-order chi connectivity index (χ1) is 18.0. The molecule has 2 aromatic carbocycles. The second-order valence-corrected chi connectivity index (χ2v) is 10.1. The van der Waals surface area contributed by atoms with Crippen molar-refractivity contribution in [2.75, 3.05) is 18.4 Å². The van der Waals surface area contributed by atoms with Crippen molar-refractivity contribution >= 4 is 55.3 Å². The van der Waals surface area contributed by atoms with Crippen molar-refractivity contribution in [2.24, 2.45) is 7.05 Å². The molecule has 5 aromatic rings. The van der Waals surface area contributed by atoms with E-state index in [0.29, 0.717) is 41.5 Å². The Hall–Kier alpha value is -3.98. The number of rotatable bonds is 4. The fourth-order valence-corrected chi connectivity index (χ4v) is 5.54. The summed E-state index contributed by atoms with van der Waals surface area (Å²) >= 11 is 3.46. The lowest BCUT2D eigenvalue weighted by Crippen LogP contribution is -2.37. The highest BCUT2D eigenvalue weighted by molar-refractivity contribution is 9.10. The first-order valence-electron chi connectivity index (χ1n) is 12.1. The lowest BCUT2D eigenvalue weighted by molar-refractivity contribution is 0.0713. The number of piperidine rings is 1. The summed E-state index contributed by atoms with van der Waals surface area (Å²) in [5.74, 6) is 0.159. The number of likely N-dealkylation sites (tertiary alicyclic amines) is 1. The molecule has 9 heteroatoms. The highest BCUT2D eigenvalue weighted by Gasteiger charge is 2.25. The van der Waals surface area contributed by atoms with Gasteiger partial charge in [0.05, 0.1) is 18.0 Å². The third-order valence-electron chi connectivity index (χ3n) is 7.05. The van der Waals surface area contributed by atoms with Crippen molar-refractivity contribution in [1.29, 1.82) is 0 Å². The minimum atomic E-state index is -0.265. The highest BCUT2D eigenvalue weighted by atomic mass is 79.9. The molecule has 0 unspecified atom stereocenters. The third kappa shape index (κ3) is 4.51. The van der Waals surface area contributed by atoms with Crippen LogP contribution < -0.4 is 5.32 Å². The zero-order valence-electron chi connectivity index (χ0n) is 20.1. The van der Waals surface area contributed by atoms with Crippen LogP contribution in [0.1, 0.15) is 45.2 Å². The lowest BCUT2D eigenvalue weighted by atomic mass is 9.89. The molecule has 0 radical (unpaired) electrons. The van der Waals surface area contributed by atoms with E-state index in [-0.39, 0.29) is 11.8 Å². The molecule has 4 heterocycles. The van der Waals surface area contributed by atoms with E-state index in [2.05, 4.69) is 43.5 Å². The quantitative estimate of drug-likeness (QED) is 0.303. The zero-order valence-corrected chi connectivity index (χ0v) is 21.7. The van der Waals surface area contributed by atoms with Crippen molar-refractivity contribution in [3.8, 4) is 0 Å². The van der Waals surface area contributed by atoms with Crippen molar-refractivity contribution in [3.05, 3.63) is 88.5 Å². The Kier molecular flexibility index (Phi) is 6.00. The summed E-state index contributed by atoms with van der Waals surface area (Å²) in [6.45, 7) is 1.41. The molecule has 0 atom stereocenters. The Morgan fingerprint density at radius 1 is 1.05 bits per heavy atom. The van der Waals surface area contributed by atoms with Gasteiger partial charge >= 0.3 is 0 Å². The molecular weight excluding hydrogens is 534 g/mol. The number of amides is 2. The van der Waals surface area contributed by atoms with Gasteiger partial charge in [-0.15, -0.1) is 0 Å². The molecule has 0 bridgehead atoms. The molecule has 186 valence electrons. The number of aromatic nitrogens is 3. The van der Waals surface area contributed by atoms with Crippen LogP contribution in [0.25, 0.3) is 21.9 Å². The predicted molar refractivity (Wildman–Crippen MR) is 145 cm³/mol. The maximum absolute atomic E-state index is 13.2. The van der Waals surface area contributed by atoms with Gasteiger partial charge in [-0.3, -0.25) is 14.3 Å². The number of carbonyl (C=O) groups excluding carboxylic acids is 2. The third-order valence-corrected chi connectivity index (χ3v) is 7.63. The number of hydrogen-bond acceptors (Lipinski definition) is 5. The smallest absolute Gasteiger partial charge is 0.274 e. The number of halogens is 1. The Labute approximate surface area is 221 Å². The van der Waals surface area contributed by atoms with E-state index in [1.165, 1.54) is 5.56 Å². The van der Waals surface area contributed by atoms with Crippen LogP contribution in [0.2, 0.25) is 0 Å². The molecule has 2 amide bonds. The van der Waals surface area contributed by atoms with Gasteiger partial charge in [-0.25, -0.2) is 4.98 Å². The summed E-state index contributed by atoms with van der Waals surface area (Å²) in [6.07, 6.45) is 4.92. The topological polar surface area (TPSA) is 93.3 Å². The van der Waals surface area contributed by atoms with Crippen molar-refractivity contribution in [2.45, 2.75) is 18.8 Å². The van der Waals surface area contributed by atoms with Gasteiger partial charge in [0.2, 0.25) is 0 Å². The molecule has 0 spiro atoms. The molecule has 1 aliphatic rings. The zero-order chi connectivity index (χ0) is 25.5. The summed E-state index contributed by atoms with van der Waals surface area (Å²) in [4.78, 5) is 31.9. The summed E-state index contributed by atoms with van der Waals surface area (Å²) in [7, 11) is 1.88. The van der Waals surface area contributed by atoms with E-state index in [1.807, 2.05) is 42.3 Å². The minimum absolute atomic E-state index is 0.0537. The van der Waals surface area contributed by atoms with Crippen LogP contribution in [0.4, 0.5) is 5.69 Å². The number of nitrogens with one attached hydrogen (secondary N) is 1. The Balaban J connectivity index is 1.07. The fraction of sp³-hybridized carbons (Fsp3) is 0.214. The average molecular weight is 558 g/mol. The molecule has 0 saturated carbocycles. The molecule has 37 heavy (non-hydrogen) atoms. The van der Waals surface area contributed by atoms with E-state index in [9.17, 15) is 9.59 Å². The molecule has 0 aliphatic carbocycles. The molecular formula is C28H24BrN5O3. The molecule has 8 nitrogen and oxygen atoms in total. The van der Waals surface area contributed by atoms with Crippen LogP contribution in [-0.4, -0.2) is 44.6 Å². The van der Waals surface area contributed by atoms with Crippen molar-refractivity contribution in [1.82, 2.24) is 19.7 Å². The van der Waals surface area contributed by atoms with Crippen LogP contribution in [0.3, 0.4) is 0 Å². The van der Waals surface area contributed by atoms with E-state index in [4.69, 9.17) is 4.42 Å². The van der Waals surface area contributed by atoms with Crippen LogP contribution in [0.5, 0.6) is 0 Å². The Morgan fingerprint density at radius 3 is 2.62 bits per heavy atom. The van der Waals surface area contributed by atoms with Gasteiger partial charge in [0.1, 0.15) is 10.3 Å². The molecule has 1 fully saturated rings. The monoisotopic (exact) mass is 557 g/mol. The number of fused-ring (bicyclic) bond motifs is 2. The van der Waals surface area contributed by atoms with Crippen LogP contribution in [-0.2, 0) is 7.05 Å². The summed E-state index contributed by atoms with van der Waals surface area (Å²) < 4.78 is 7.84. The minimum Gasteiger partial charge on any atom is -0.463 e. The fourth-order valence-electron chi connectivity index (χ4n) is 4.97. The SMILES string of the molecule is Cn1nc(Br)c2ccc(C(=O)N3CCC(c4ccc(NC(=O)c5cc6ccoc6cn5)cc4)CC3)cc21. The number of nitrogens with zero attached hydrogens (tertiary/aromatic N) is 4. The summed E-state index contributed by atoms with van der Waals surface area (Å²) in [6, 6.07) is 17.2. The standard InChI is InChI=1S/C28H24BrN5O3/c1-33-24-15-20(4-7-22(24)26(29)32-33)28(36)34-11-8-18(9-12-34)17-2-5-21(6-3-17)31-27(35)23-14-19-10-13-37-25(19)16-30-23/h2-7,10,13-16,18H,8-9,11-12H2,1H3,(H,31,35). The van der Waals surface area contributed by atoms with Crippen molar-refractivity contribution in [3.63, 3.8) is 0 Å². The first kappa shape index (κ1) is 23.4. The number of benzene rings is 2. The van der Waals surface area contributed by atoms with Gasteiger partial charge in [0.15, 0.2) is 5.58 Å². The molecule has 3 aromatic heterocycles. The first-order valence-corrected chi connectivity index (χ1v) is 12.9. The maximum Gasteiger partial charge on any atom is 0.274 e. The Bertz CT molecular complexity index is 1630. The van der Waals surface area contributed by atoms with Gasteiger partial charge in [0, 0.05) is 42.2 Å².